The average molecular weight is 494 g/mol. The molecule has 1 amide bonds. The number of benzene rings is 1. The van der Waals surface area contributed by atoms with Gasteiger partial charge in [0.1, 0.15) is 5.76 Å². The zero-order valence-corrected chi connectivity index (χ0v) is 18.3. The first-order valence-corrected chi connectivity index (χ1v) is 10.7. The number of hydrogen-bond acceptors (Lipinski definition) is 5. The second-order valence-corrected chi connectivity index (χ2v) is 8.52. The van der Waals surface area contributed by atoms with Crippen LogP contribution in [0.25, 0.3) is 0 Å². The number of aromatic nitrogens is 2. The quantitative estimate of drug-likeness (QED) is 0.387. The molecule has 33 heavy (non-hydrogen) atoms. The number of thiazole rings is 1. The van der Waals surface area contributed by atoms with E-state index in [2.05, 4.69) is 10.3 Å². The van der Waals surface area contributed by atoms with E-state index in [0.717, 1.165) is 23.5 Å². The fourth-order valence-electron chi connectivity index (χ4n) is 3.02. The SMILES string of the molecule is O=C(Nc1ncc(Cc2cc(C(F)(F)F)ccc2Cl)s1)c1ccc(Cn2ccccc2=O)o1. The molecule has 3 aromatic heterocycles. The number of alkyl halides is 3. The van der Waals surface area contributed by atoms with Crippen molar-refractivity contribution >= 4 is 34.0 Å². The number of furan rings is 1. The highest BCUT2D eigenvalue weighted by atomic mass is 35.5. The first-order valence-electron chi connectivity index (χ1n) is 9.55. The lowest BCUT2D eigenvalue weighted by Gasteiger charge is -2.09. The Morgan fingerprint density at radius 3 is 2.76 bits per heavy atom. The molecule has 0 spiro atoms. The van der Waals surface area contributed by atoms with Crippen molar-refractivity contribution in [3.8, 4) is 0 Å². The van der Waals surface area contributed by atoms with Crippen LogP contribution in [0.3, 0.4) is 0 Å². The molecule has 1 N–H and O–H groups in total. The largest absolute Gasteiger partial charge is 0.454 e. The molecule has 0 saturated carbocycles. The van der Waals surface area contributed by atoms with Crippen LogP contribution in [0.15, 0.2) is 70.1 Å². The van der Waals surface area contributed by atoms with Crippen LogP contribution in [-0.2, 0) is 19.1 Å². The Morgan fingerprint density at radius 1 is 1.18 bits per heavy atom. The molecule has 1 aromatic carbocycles. The van der Waals surface area contributed by atoms with Crippen LogP contribution in [0.4, 0.5) is 18.3 Å². The van der Waals surface area contributed by atoms with Crippen molar-refractivity contribution in [2.75, 3.05) is 5.32 Å². The van der Waals surface area contributed by atoms with Gasteiger partial charge in [-0.25, -0.2) is 4.98 Å². The maximum absolute atomic E-state index is 13.0. The number of hydrogen-bond donors (Lipinski definition) is 1. The fourth-order valence-corrected chi connectivity index (χ4v) is 4.04. The summed E-state index contributed by atoms with van der Waals surface area (Å²) in [5.41, 5.74) is -0.678. The summed E-state index contributed by atoms with van der Waals surface area (Å²) in [5, 5.41) is 3.07. The highest BCUT2D eigenvalue weighted by molar-refractivity contribution is 7.15. The Bertz CT molecular complexity index is 1360. The van der Waals surface area contributed by atoms with E-state index in [4.69, 9.17) is 16.0 Å². The normalized spacial score (nSPS) is 11.5. The van der Waals surface area contributed by atoms with Crippen molar-refractivity contribution in [1.82, 2.24) is 9.55 Å². The molecule has 0 unspecified atom stereocenters. The summed E-state index contributed by atoms with van der Waals surface area (Å²) in [6.45, 7) is 0.173. The number of carbonyl (C=O) groups excluding carboxylic acids is 1. The second-order valence-electron chi connectivity index (χ2n) is 7.00. The van der Waals surface area contributed by atoms with Gasteiger partial charge in [0.25, 0.3) is 11.5 Å². The first kappa shape index (κ1) is 22.8. The van der Waals surface area contributed by atoms with E-state index in [-0.39, 0.29) is 34.4 Å². The molecule has 0 aliphatic heterocycles. The van der Waals surface area contributed by atoms with Crippen LogP contribution < -0.4 is 10.9 Å². The topological polar surface area (TPSA) is 77.1 Å². The molecule has 0 aliphatic rings. The number of carbonyl (C=O) groups is 1. The van der Waals surface area contributed by atoms with Crippen molar-refractivity contribution in [2.24, 2.45) is 0 Å². The summed E-state index contributed by atoms with van der Waals surface area (Å²) in [6, 6.07) is 11.0. The van der Waals surface area contributed by atoms with Crippen LogP contribution in [0, 0.1) is 0 Å². The van der Waals surface area contributed by atoms with Gasteiger partial charge in [0.15, 0.2) is 10.9 Å². The Kier molecular flexibility index (Phi) is 6.39. The molecule has 3 heterocycles. The predicted molar refractivity (Wildman–Crippen MR) is 118 cm³/mol. The lowest BCUT2D eigenvalue weighted by atomic mass is 10.1. The Morgan fingerprint density at radius 2 is 2.00 bits per heavy atom. The van der Waals surface area contributed by atoms with Crippen molar-refractivity contribution < 1.29 is 22.4 Å². The van der Waals surface area contributed by atoms with Crippen molar-refractivity contribution in [2.45, 2.75) is 19.1 Å². The smallest absolute Gasteiger partial charge is 0.416 e. The summed E-state index contributed by atoms with van der Waals surface area (Å²) in [6.07, 6.45) is -1.26. The van der Waals surface area contributed by atoms with Gasteiger partial charge in [-0.05, 0) is 42.0 Å². The van der Waals surface area contributed by atoms with E-state index in [0.29, 0.717) is 16.2 Å². The standard InChI is InChI=1S/C22H15ClF3N3O3S/c23-17-6-4-14(22(24,25)26)9-13(17)10-16-11-27-21(33-16)28-20(31)18-7-5-15(32-18)12-29-8-2-1-3-19(29)30/h1-9,11H,10,12H2,(H,27,28,31). The highest BCUT2D eigenvalue weighted by Gasteiger charge is 2.31. The number of pyridine rings is 1. The Balaban J connectivity index is 1.42. The third kappa shape index (κ3) is 5.52. The zero-order valence-electron chi connectivity index (χ0n) is 16.7. The molecule has 0 saturated heterocycles. The molecule has 11 heteroatoms. The van der Waals surface area contributed by atoms with Gasteiger partial charge < -0.3 is 8.98 Å². The van der Waals surface area contributed by atoms with Crippen LogP contribution in [0.1, 0.15) is 32.3 Å². The molecule has 170 valence electrons. The van der Waals surface area contributed by atoms with E-state index < -0.39 is 17.6 Å². The molecule has 0 bridgehead atoms. The maximum Gasteiger partial charge on any atom is 0.416 e. The Hall–Kier alpha value is -3.37. The van der Waals surface area contributed by atoms with E-state index in [9.17, 15) is 22.8 Å². The van der Waals surface area contributed by atoms with E-state index in [1.165, 1.54) is 29.0 Å². The molecule has 4 aromatic rings. The number of amides is 1. The molecular formula is C22H15ClF3N3O3S. The molecule has 4 rings (SSSR count). The minimum absolute atomic E-state index is 0.0339. The van der Waals surface area contributed by atoms with Crippen LogP contribution in [-0.4, -0.2) is 15.5 Å². The number of nitrogens with one attached hydrogen (secondary N) is 1. The first-order chi connectivity index (χ1) is 15.7. The molecule has 6 nitrogen and oxygen atoms in total. The summed E-state index contributed by atoms with van der Waals surface area (Å²) >= 11 is 7.17. The van der Waals surface area contributed by atoms with Gasteiger partial charge in [0.2, 0.25) is 0 Å². The van der Waals surface area contributed by atoms with Crippen molar-refractivity contribution in [1.29, 1.82) is 0 Å². The molecule has 0 fully saturated rings. The summed E-state index contributed by atoms with van der Waals surface area (Å²) in [4.78, 5) is 29.0. The maximum atomic E-state index is 13.0. The van der Waals surface area contributed by atoms with Gasteiger partial charge in [-0.2, -0.15) is 13.2 Å². The number of nitrogens with zero attached hydrogens (tertiary/aromatic N) is 2. The van der Waals surface area contributed by atoms with Gasteiger partial charge >= 0.3 is 6.18 Å². The van der Waals surface area contributed by atoms with Gasteiger partial charge in [-0.1, -0.05) is 17.7 Å². The van der Waals surface area contributed by atoms with E-state index >= 15 is 0 Å². The van der Waals surface area contributed by atoms with Gasteiger partial charge in [0.05, 0.1) is 12.1 Å². The average Bonchev–Trinajstić information content (AvgIpc) is 3.40. The molecule has 0 aliphatic carbocycles. The van der Waals surface area contributed by atoms with Crippen molar-refractivity contribution in [3.63, 3.8) is 0 Å². The minimum atomic E-state index is -4.47. The monoisotopic (exact) mass is 493 g/mol. The summed E-state index contributed by atoms with van der Waals surface area (Å²) in [7, 11) is 0. The lowest BCUT2D eigenvalue weighted by Crippen LogP contribution is -2.18. The lowest BCUT2D eigenvalue weighted by molar-refractivity contribution is -0.137. The molecular weight excluding hydrogens is 479 g/mol. The minimum Gasteiger partial charge on any atom is -0.454 e. The Labute approximate surface area is 194 Å². The molecule has 0 atom stereocenters. The highest BCUT2D eigenvalue weighted by Crippen LogP contribution is 2.33. The zero-order chi connectivity index (χ0) is 23.6. The third-order valence-electron chi connectivity index (χ3n) is 4.62. The van der Waals surface area contributed by atoms with Crippen molar-refractivity contribution in [3.05, 3.63) is 104 Å². The fraction of sp³-hybridized carbons (Fsp3) is 0.136. The van der Waals surface area contributed by atoms with E-state index in [1.54, 1.807) is 24.4 Å². The van der Waals surface area contributed by atoms with Gasteiger partial charge in [0, 0.05) is 34.8 Å². The van der Waals surface area contributed by atoms with Crippen LogP contribution >= 0.6 is 22.9 Å². The molecule has 0 radical (unpaired) electrons. The number of rotatable bonds is 6. The van der Waals surface area contributed by atoms with E-state index in [1.807, 2.05) is 0 Å². The summed E-state index contributed by atoms with van der Waals surface area (Å²) < 4.78 is 45.9. The number of halogens is 4. The van der Waals surface area contributed by atoms with Crippen LogP contribution in [0.2, 0.25) is 5.02 Å². The van der Waals surface area contributed by atoms with Gasteiger partial charge in [-0.15, -0.1) is 11.3 Å². The third-order valence-corrected chi connectivity index (χ3v) is 5.90. The van der Waals surface area contributed by atoms with Gasteiger partial charge in [-0.3, -0.25) is 14.9 Å². The summed E-state index contributed by atoms with van der Waals surface area (Å²) in [5.74, 6) is -0.0845. The number of anilines is 1. The van der Waals surface area contributed by atoms with Crippen LogP contribution in [0.5, 0.6) is 0 Å². The predicted octanol–water partition coefficient (Wildman–Crippen LogP) is 5.46. The second kappa shape index (κ2) is 9.24.